The summed E-state index contributed by atoms with van der Waals surface area (Å²) in [7, 11) is 0. The molecular formula is C23H22Cl2N2O3S. The van der Waals surface area contributed by atoms with Gasteiger partial charge in [-0.15, -0.1) is 11.3 Å². The summed E-state index contributed by atoms with van der Waals surface area (Å²) in [5, 5.41) is 13.2. The van der Waals surface area contributed by atoms with Crippen molar-refractivity contribution < 1.29 is 14.7 Å². The zero-order chi connectivity index (χ0) is 22.4. The van der Waals surface area contributed by atoms with Crippen LogP contribution in [0.4, 0.5) is 0 Å². The average molecular weight is 477 g/mol. The van der Waals surface area contributed by atoms with Crippen molar-refractivity contribution in [1.29, 1.82) is 0 Å². The van der Waals surface area contributed by atoms with E-state index in [2.05, 4.69) is 5.32 Å². The minimum absolute atomic E-state index is 0.170. The Hall–Kier alpha value is -2.38. The van der Waals surface area contributed by atoms with Gasteiger partial charge in [-0.3, -0.25) is 4.79 Å². The highest BCUT2D eigenvalue weighted by atomic mass is 35.5. The van der Waals surface area contributed by atoms with E-state index in [1.807, 2.05) is 42.5 Å². The smallest absolute Gasteiger partial charge is 0.326 e. The number of nitrogens with one attached hydrogen (secondary N) is 1. The summed E-state index contributed by atoms with van der Waals surface area (Å²) in [6.07, 6.45) is 0.794. The fraction of sp³-hybridized carbons (Fsp3) is 0.217. The van der Waals surface area contributed by atoms with Crippen LogP contribution in [0.3, 0.4) is 0 Å². The van der Waals surface area contributed by atoms with Crippen molar-refractivity contribution in [1.82, 2.24) is 5.32 Å². The van der Waals surface area contributed by atoms with E-state index in [1.165, 1.54) is 11.3 Å². The van der Waals surface area contributed by atoms with Crippen LogP contribution in [0.2, 0.25) is 10.0 Å². The maximum absolute atomic E-state index is 12.7. The summed E-state index contributed by atoms with van der Waals surface area (Å²) in [6.45, 7) is 0.365. The number of hydrogen-bond acceptors (Lipinski definition) is 4. The van der Waals surface area contributed by atoms with Crippen molar-refractivity contribution in [2.75, 3.05) is 6.54 Å². The number of halogens is 2. The Bertz CT molecular complexity index is 1020. The third-order valence-electron chi connectivity index (χ3n) is 4.80. The fourth-order valence-corrected chi connectivity index (χ4v) is 4.80. The summed E-state index contributed by atoms with van der Waals surface area (Å²) in [5.74, 6) is -1.66. The van der Waals surface area contributed by atoms with Gasteiger partial charge in [0.15, 0.2) is 0 Å². The Morgan fingerprint density at radius 2 is 1.61 bits per heavy atom. The van der Waals surface area contributed by atoms with E-state index < -0.39 is 17.9 Å². The first-order valence-electron chi connectivity index (χ1n) is 9.73. The van der Waals surface area contributed by atoms with Crippen LogP contribution in [-0.4, -0.2) is 29.6 Å². The number of hydrogen-bond donors (Lipinski definition) is 3. The first kappa shape index (κ1) is 23.3. The van der Waals surface area contributed by atoms with Crippen molar-refractivity contribution in [2.45, 2.75) is 24.8 Å². The van der Waals surface area contributed by atoms with Gasteiger partial charge in [-0.2, -0.15) is 0 Å². The standard InChI is InChI=1S/C23H22Cl2N2O3S/c24-16-6-1-4-14(12-16)21(15-5-2-7-17(25)13-15)19-9-10-20(31-19)22(28)27-18(23(29)30)8-3-11-26/h1-2,4-7,9-10,12-13,18,21H,3,8,11,26H2,(H,27,28)(H,29,30)/t18-/m0/s1. The van der Waals surface area contributed by atoms with Gasteiger partial charge in [0.05, 0.1) is 4.88 Å². The van der Waals surface area contributed by atoms with Crippen LogP contribution in [-0.2, 0) is 4.79 Å². The van der Waals surface area contributed by atoms with Gasteiger partial charge in [-0.25, -0.2) is 4.79 Å². The lowest BCUT2D eigenvalue weighted by Gasteiger charge is -2.17. The van der Waals surface area contributed by atoms with Gasteiger partial charge in [-0.1, -0.05) is 47.5 Å². The van der Waals surface area contributed by atoms with Crippen molar-refractivity contribution in [2.24, 2.45) is 5.73 Å². The van der Waals surface area contributed by atoms with Crippen LogP contribution >= 0.6 is 34.5 Å². The van der Waals surface area contributed by atoms with Crippen molar-refractivity contribution >= 4 is 46.4 Å². The molecule has 0 aliphatic carbocycles. The van der Waals surface area contributed by atoms with Gasteiger partial charge in [0.25, 0.3) is 5.91 Å². The van der Waals surface area contributed by atoms with Crippen molar-refractivity contribution in [3.63, 3.8) is 0 Å². The molecule has 0 unspecified atom stereocenters. The number of rotatable bonds is 9. The molecule has 162 valence electrons. The Morgan fingerprint density at radius 3 is 2.13 bits per heavy atom. The number of amides is 1. The molecule has 1 atom stereocenters. The van der Waals surface area contributed by atoms with E-state index in [1.54, 1.807) is 18.2 Å². The second kappa shape index (κ2) is 10.8. The highest BCUT2D eigenvalue weighted by molar-refractivity contribution is 7.14. The highest BCUT2D eigenvalue weighted by Gasteiger charge is 2.24. The molecule has 0 aliphatic rings. The molecule has 3 rings (SSSR count). The van der Waals surface area contributed by atoms with E-state index in [0.29, 0.717) is 27.9 Å². The minimum atomic E-state index is -1.07. The molecule has 1 amide bonds. The number of benzene rings is 2. The quantitative estimate of drug-likeness (QED) is 0.397. The maximum atomic E-state index is 12.7. The first-order chi connectivity index (χ1) is 14.9. The normalized spacial score (nSPS) is 12.0. The molecular weight excluding hydrogens is 455 g/mol. The van der Waals surface area contributed by atoms with E-state index in [9.17, 15) is 14.7 Å². The Kier molecular flexibility index (Phi) is 8.09. The summed E-state index contributed by atoms with van der Waals surface area (Å²) in [6, 6.07) is 17.7. The van der Waals surface area contributed by atoms with Crippen LogP contribution in [0.1, 0.15) is 44.4 Å². The summed E-state index contributed by atoms with van der Waals surface area (Å²) in [4.78, 5) is 25.5. The molecule has 31 heavy (non-hydrogen) atoms. The summed E-state index contributed by atoms with van der Waals surface area (Å²) >= 11 is 13.8. The third kappa shape index (κ3) is 6.08. The monoisotopic (exact) mass is 476 g/mol. The van der Waals surface area contributed by atoms with E-state index in [-0.39, 0.29) is 12.3 Å². The van der Waals surface area contributed by atoms with Crippen LogP contribution < -0.4 is 11.1 Å². The zero-order valence-corrected chi connectivity index (χ0v) is 18.9. The van der Waals surface area contributed by atoms with Crippen LogP contribution in [0, 0.1) is 0 Å². The summed E-state index contributed by atoms with van der Waals surface area (Å²) in [5.41, 5.74) is 7.40. The molecule has 1 heterocycles. The number of thiophene rings is 1. The molecule has 8 heteroatoms. The molecule has 1 aromatic heterocycles. The van der Waals surface area contributed by atoms with Gasteiger partial charge in [0.2, 0.25) is 0 Å². The minimum Gasteiger partial charge on any atom is -0.480 e. The van der Waals surface area contributed by atoms with Crippen LogP contribution in [0.15, 0.2) is 60.7 Å². The van der Waals surface area contributed by atoms with Gasteiger partial charge in [0, 0.05) is 20.8 Å². The summed E-state index contributed by atoms with van der Waals surface area (Å²) < 4.78 is 0. The molecule has 0 bridgehead atoms. The third-order valence-corrected chi connectivity index (χ3v) is 6.42. The fourth-order valence-electron chi connectivity index (χ4n) is 3.33. The molecule has 0 aliphatic heterocycles. The molecule has 0 radical (unpaired) electrons. The van der Waals surface area contributed by atoms with Gasteiger partial charge in [0.1, 0.15) is 6.04 Å². The number of carbonyl (C=O) groups excluding carboxylic acids is 1. The van der Waals surface area contributed by atoms with E-state index in [0.717, 1.165) is 16.0 Å². The zero-order valence-electron chi connectivity index (χ0n) is 16.6. The van der Waals surface area contributed by atoms with Crippen molar-refractivity contribution in [3.05, 3.63) is 91.6 Å². The number of nitrogens with two attached hydrogens (primary N) is 1. The number of carbonyl (C=O) groups is 2. The molecule has 0 saturated carbocycles. The predicted octanol–water partition coefficient (Wildman–Crippen LogP) is 5.16. The molecule has 5 nitrogen and oxygen atoms in total. The van der Waals surface area contributed by atoms with E-state index >= 15 is 0 Å². The lowest BCUT2D eigenvalue weighted by atomic mass is 9.90. The number of aliphatic carboxylic acids is 1. The molecule has 4 N–H and O–H groups in total. The number of carboxylic acids is 1. The lowest BCUT2D eigenvalue weighted by molar-refractivity contribution is -0.139. The van der Waals surface area contributed by atoms with Gasteiger partial charge in [-0.05, 0) is 66.9 Å². The molecule has 0 spiro atoms. The second-order valence-electron chi connectivity index (χ2n) is 7.04. The van der Waals surface area contributed by atoms with Crippen LogP contribution in [0.5, 0.6) is 0 Å². The predicted molar refractivity (Wildman–Crippen MR) is 125 cm³/mol. The SMILES string of the molecule is NCCC[C@H](NC(=O)c1ccc(C(c2cccc(Cl)c2)c2cccc(Cl)c2)s1)C(=O)O. The van der Waals surface area contributed by atoms with Crippen molar-refractivity contribution in [3.8, 4) is 0 Å². The maximum Gasteiger partial charge on any atom is 0.326 e. The second-order valence-corrected chi connectivity index (χ2v) is 9.03. The first-order valence-corrected chi connectivity index (χ1v) is 11.3. The average Bonchev–Trinajstić information content (AvgIpc) is 3.21. The lowest BCUT2D eigenvalue weighted by Crippen LogP contribution is -2.40. The highest BCUT2D eigenvalue weighted by Crippen LogP contribution is 2.37. The Morgan fingerprint density at radius 1 is 1.00 bits per heavy atom. The number of carboxylic acid groups (broad SMARTS) is 1. The molecule has 3 aromatic rings. The van der Waals surface area contributed by atoms with E-state index in [4.69, 9.17) is 28.9 Å². The molecule has 2 aromatic carbocycles. The largest absolute Gasteiger partial charge is 0.480 e. The molecule has 0 saturated heterocycles. The Balaban J connectivity index is 1.92. The molecule has 0 fully saturated rings. The van der Waals surface area contributed by atoms with Gasteiger partial charge >= 0.3 is 5.97 Å². The Labute approximate surface area is 194 Å². The van der Waals surface area contributed by atoms with Crippen LogP contribution in [0.25, 0.3) is 0 Å². The van der Waals surface area contributed by atoms with Gasteiger partial charge < -0.3 is 16.2 Å². The topological polar surface area (TPSA) is 92.4 Å².